The van der Waals surface area contributed by atoms with Crippen LogP contribution < -0.4 is 5.32 Å². The highest BCUT2D eigenvalue weighted by molar-refractivity contribution is 5.88. The van der Waals surface area contributed by atoms with Crippen molar-refractivity contribution in [3.05, 3.63) is 71.0 Å². The van der Waals surface area contributed by atoms with Crippen molar-refractivity contribution in [2.24, 2.45) is 0 Å². The Labute approximate surface area is 172 Å². The molecule has 0 saturated heterocycles. The van der Waals surface area contributed by atoms with Crippen molar-refractivity contribution in [2.75, 3.05) is 0 Å². The van der Waals surface area contributed by atoms with Crippen LogP contribution >= 0.6 is 0 Å². The van der Waals surface area contributed by atoms with Crippen molar-refractivity contribution < 1.29 is 14.0 Å². The molecule has 0 aliphatic heterocycles. The molecule has 2 aromatic rings. The number of carbonyl (C=O) groups is 2. The van der Waals surface area contributed by atoms with E-state index in [1.165, 1.54) is 11.0 Å². The van der Waals surface area contributed by atoms with Gasteiger partial charge in [0.05, 0.1) is 6.42 Å². The van der Waals surface area contributed by atoms with E-state index in [-0.39, 0.29) is 36.6 Å². The quantitative estimate of drug-likeness (QED) is 0.764. The fourth-order valence-electron chi connectivity index (χ4n) is 3.88. The first-order valence-corrected chi connectivity index (χ1v) is 10.3. The number of hydrogen-bond donors (Lipinski definition) is 1. The molecule has 2 amide bonds. The topological polar surface area (TPSA) is 49.4 Å². The summed E-state index contributed by atoms with van der Waals surface area (Å²) in [5.74, 6) is -0.733. The molecule has 1 fully saturated rings. The highest BCUT2D eigenvalue weighted by Gasteiger charge is 2.29. The van der Waals surface area contributed by atoms with Gasteiger partial charge in [0, 0.05) is 18.2 Å². The molecule has 1 aliphatic carbocycles. The maximum atomic E-state index is 14.2. The lowest BCUT2D eigenvalue weighted by molar-refractivity contribution is -0.140. The van der Waals surface area contributed by atoms with Crippen molar-refractivity contribution in [1.29, 1.82) is 0 Å². The van der Waals surface area contributed by atoms with Crippen LogP contribution in [0.4, 0.5) is 4.39 Å². The van der Waals surface area contributed by atoms with E-state index in [0.29, 0.717) is 5.56 Å². The van der Waals surface area contributed by atoms with Crippen LogP contribution in [0.1, 0.15) is 49.3 Å². The van der Waals surface area contributed by atoms with Gasteiger partial charge in [0.2, 0.25) is 11.8 Å². The molecule has 0 bridgehead atoms. The van der Waals surface area contributed by atoms with Crippen LogP contribution in [-0.4, -0.2) is 28.8 Å². The van der Waals surface area contributed by atoms with Gasteiger partial charge in [-0.2, -0.15) is 0 Å². The van der Waals surface area contributed by atoms with Crippen molar-refractivity contribution >= 4 is 11.8 Å². The fraction of sp³-hybridized carbons (Fsp3) is 0.417. The number of rotatable bonds is 7. The Morgan fingerprint density at radius 1 is 1.14 bits per heavy atom. The first-order chi connectivity index (χ1) is 13.9. The molecular weight excluding hydrogens is 367 g/mol. The molecule has 0 radical (unpaired) electrons. The predicted octanol–water partition coefficient (Wildman–Crippen LogP) is 4.15. The molecule has 29 heavy (non-hydrogen) atoms. The standard InChI is InChI=1S/C24H29FN2O2/c1-17-8-7-9-19(14-17)15-23(28)27(16-20-10-3-6-13-22(20)25)18(2)24(29)26-21-11-4-5-12-21/h3,6-10,13-14,18,21H,4-5,11-12,15-16H2,1-2H3,(H,26,29)/t18-/m1/s1. The van der Waals surface area contributed by atoms with Crippen LogP contribution in [0.15, 0.2) is 48.5 Å². The number of nitrogens with zero attached hydrogens (tertiary/aromatic N) is 1. The molecule has 0 spiro atoms. The zero-order valence-corrected chi connectivity index (χ0v) is 17.2. The summed E-state index contributed by atoms with van der Waals surface area (Å²) in [6, 6.07) is 13.6. The summed E-state index contributed by atoms with van der Waals surface area (Å²) in [7, 11) is 0. The molecule has 3 rings (SSSR count). The van der Waals surface area contributed by atoms with Crippen LogP contribution in [0, 0.1) is 12.7 Å². The molecule has 2 aromatic carbocycles. The third-order valence-electron chi connectivity index (χ3n) is 5.61. The van der Waals surface area contributed by atoms with E-state index in [2.05, 4.69) is 5.32 Å². The fourth-order valence-corrected chi connectivity index (χ4v) is 3.88. The molecule has 1 aliphatic rings. The number of carbonyl (C=O) groups excluding carboxylic acids is 2. The van der Waals surface area contributed by atoms with E-state index in [9.17, 15) is 14.0 Å². The van der Waals surface area contributed by atoms with Gasteiger partial charge in [-0.25, -0.2) is 4.39 Å². The van der Waals surface area contributed by atoms with Crippen LogP contribution in [-0.2, 0) is 22.6 Å². The van der Waals surface area contributed by atoms with E-state index < -0.39 is 6.04 Å². The van der Waals surface area contributed by atoms with E-state index in [1.807, 2.05) is 31.2 Å². The maximum Gasteiger partial charge on any atom is 0.242 e. The maximum absolute atomic E-state index is 14.2. The average molecular weight is 397 g/mol. The Bertz CT molecular complexity index is 861. The summed E-state index contributed by atoms with van der Waals surface area (Å²) >= 11 is 0. The largest absolute Gasteiger partial charge is 0.352 e. The highest BCUT2D eigenvalue weighted by atomic mass is 19.1. The summed E-state index contributed by atoms with van der Waals surface area (Å²) < 4.78 is 14.2. The van der Waals surface area contributed by atoms with E-state index in [4.69, 9.17) is 0 Å². The van der Waals surface area contributed by atoms with Gasteiger partial charge in [0.15, 0.2) is 0 Å². The van der Waals surface area contributed by atoms with E-state index >= 15 is 0 Å². The first kappa shape index (κ1) is 21.0. The number of nitrogens with one attached hydrogen (secondary N) is 1. The number of aryl methyl sites for hydroxylation is 1. The molecule has 154 valence electrons. The minimum atomic E-state index is -0.674. The normalized spacial score (nSPS) is 15.1. The second kappa shape index (κ2) is 9.68. The summed E-state index contributed by atoms with van der Waals surface area (Å²) in [5.41, 5.74) is 2.37. The Morgan fingerprint density at radius 3 is 2.55 bits per heavy atom. The zero-order chi connectivity index (χ0) is 20.8. The monoisotopic (exact) mass is 396 g/mol. The first-order valence-electron chi connectivity index (χ1n) is 10.3. The van der Waals surface area contributed by atoms with Crippen molar-refractivity contribution in [1.82, 2.24) is 10.2 Å². The molecule has 0 unspecified atom stereocenters. The Morgan fingerprint density at radius 2 is 1.86 bits per heavy atom. The average Bonchev–Trinajstić information content (AvgIpc) is 3.19. The van der Waals surface area contributed by atoms with Gasteiger partial charge in [-0.3, -0.25) is 9.59 Å². The van der Waals surface area contributed by atoms with Gasteiger partial charge in [-0.05, 0) is 38.3 Å². The number of benzene rings is 2. The lowest BCUT2D eigenvalue weighted by atomic mass is 10.1. The van der Waals surface area contributed by atoms with Crippen molar-refractivity contribution in [3.63, 3.8) is 0 Å². The number of hydrogen-bond acceptors (Lipinski definition) is 2. The van der Waals surface area contributed by atoms with Gasteiger partial charge < -0.3 is 10.2 Å². The van der Waals surface area contributed by atoms with Crippen LogP contribution in [0.3, 0.4) is 0 Å². The lowest BCUT2D eigenvalue weighted by Gasteiger charge is -2.30. The van der Waals surface area contributed by atoms with Crippen LogP contribution in [0.25, 0.3) is 0 Å². The Balaban J connectivity index is 1.78. The molecule has 5 heteroatoms. The van der Waals surface area contributed by atoms with Gasteiger partial charge in [0.1, 0.15) is 11.9 Å². The smallest absolute Gasteiger partial charge is 0.242 e. The summed E-state index contributed by atoms with van der Waals surface area (Å²) in [6.07, 6.45) is 4.36. The molecule has 0 heterocycles. The Hall–Kier alpha value is -2.69. The van der Waals surface area contributed by atoms with Crippen molar-refractivity contribution in [2.45, 2.75) is 64.6 Å². The minimum Gasteiger partial charge on any atom is -0.352 e. The third-order valence-corrected chi connectivity index (χ3v) is 5.61. The van der Waals surface area contributed by atoms with Gasteiger partial charge >= 0.3 is 0 Å². The van der Waals surface area contributed by atoms with Crippen molar-refractivity contribution in [3.8, 4) is 0 Å². The van der Waals surface area contributed by atoms with Gasteiger partial charge in [0.25, 0.3) is 0 Å². The lowest BCUT2D eigenvalue weighted by Crippen LogP contribution is -2.50. The minimum absolute atomic E-state index is 0.0660. The predicted molar refractivity (Wildman–Crippen MR) is 112 cm³/mol. The summed E-state index contributed by atoms with van der Waals surface area (Å²) in [6.45, 7) is 3.76. The van der Waals surface area contributed by atoms with Crippen LogP contribution in [0.5, 0.6) is 0 Å². The second-order valence-corrected chi connectivity index (χ2v) is 7.94. The second-order valence-electron chi connectivity index (χ2n) is 7.94. The van der Waals surface area contributed by atoms with E-state index in [0.717, 1.165) is 36.8 Å². The summed E-state index contributed by atoms with van der Waals surface area (Å²) in [4.78, 5) is 27.5. The third kappa shape index (κ3) is 5.66. The summed E-state index contributed by atoms with van der Waals surface area (Å²) in [5, 5.41) is 3.06. The zero-order valence-electron chi connectivity index (χ0n) is 17.2. The van der Waals surface area contributed by atoms with Crippen LogP contribution in [0.2, 0.25) is 0 Å². The molecule has 4 nitrogen and oxygen atoms in total. The number of halogens is 1. The van der Waals surface area contributed by atoms with Gasteiger partial charge in [-0.15, -0.1) is 0 Å². The SMILES string of the molecule is Cc1cccc(CC(=O)N(Cc2ccccc2F)[C@H](C)C(=O)NC2CCCC2)c1. The van der Waals surface area contributed by atoms with Gasteiger partial charge in [-0.1, -0.05) is 60.9 Å². The molecule has 1 N–H and O–H groups in total. The molecular formula is C24H29FN2O2. The molecule has 1 atom stereocenters. The Kier molecular flexibility index (Phi) is 7.02. The highest BCUT2D eigenvalue weighted by Crippen LogP contribution is 2.19. The number of amides is 2. The van der Waals surface area contributed by atoms with E-state index in [1.54, 1.807) is 25.1 Å². The molecule has 0 aromatic heterocycles. The molecule has 1 saturated carbocycles.